The van der Waals surface area contributed by atoms with E-state index in [1.54, 1.807) is 0 Å². The lowest BCUT2D eigenvalue weighted by Crippen LogP contribution is -1.84. The van der Waals surface area contributed by atoms with E-state index in [0.29, 0.717) is 5.75 Å². The Hall–Kier alpha value is -2.20. The van der Waals surface area contributed by atoms with Gasteiger partial charge >= 0.3 is 0 Å². The van der Waals surface area contributed by atoms with Gasteiger partial charge in [-0.15, -0.1) is 0 Å². The van der Waals surface area contributed by atoms with Crippen LogP contribution in [0.1, 0.15) is 16.7 Å². The van der Waals surface area contributed by atoms with E-state index in [-0.39, 0.29) is 0 Å². The summed E-state index contributed by atoms with van der Waals surface area (Å²) in [5.41, 5.74) is 2.96. The van der Waals surface area contributed by atoms with Crippen molar-refractivity contribution >= 4 is 6.08 Å². The predicted octanol–water partition coefficient (Wildman–Crippen LogP) is 3.56. The third-order valence-corrected chi connectivity index (χ3v) is 2.65. The van der Waals surface area contributed by atoms with Crippen LogP contribution in [0.5, 0.6) is 5.75 Å². The minimum absolute atomic E-state index is 0.394. The van der Waals surface area contributed by atoms with Crippen LogP contribution in [0.25, 0.3) is 6.08 Å². The number of rotatable bonds is 3. The van der Waals surface area contributed by atoms with E-state index in [1.165, 1.54) is 0 Å². The Morgan fingerprint density at radius 1 is 1.24 bits per heavy atom. The fraction of sp³-hybridized carbons (Fsp3) is 0.125. The maximum absolute atomic E-state index is 9.85. The predicted molar refractivity (Wildman–Crippen MR) is 69.7 cm³/mol. The molecule has 0 fully saturated rings. The molecule has 0 saturated heterocycles. The molecule has 0 unspecified atom stereocenters. The van der Waals surface area contributed by atoms with E-state index >= 15 is 0 Å². The molecule has 17 heavy (non-hydrogen) atoms. The molecule has 0 heterocycles. The minimum atomic E-state index is 0.394. The Morgan fingerprint density at radius 3 is 2.88 bits per heavy atom. The zero-order valence-corrected chi connectivity index (χ0v) is 9.77. The van der Waals surface area contributed by atoms with Crippen molar-refractivity contribution in [1.82, 2.24) is 0 Å². The number of phenols is 1. The van der Waals surface area contributed by atoms with E-state index in [4.69, 9.17) is 0 Å². The van der Waals surface area contributed by atoms with Crippen LogP contribution in [0.4, 0.5) is 0 Å². The molecular formula is C16H14O. The molecule has 1 heteroatoms. The van der Waals surface area contributed by atoms with Crippen molar-refractivity contribution in [3.63, 3.8) is 0 Å². The fourth-order valence-corrected chi connectivity index (χ4v) is 1.67. The zero-order chi connectivity index (χ0) is 12.1. The molecule has 84 valence electrons. The third kappa shape index (κ3) is 2.89. The summed E-state index contributed by atoms with van der Waals surface area (Å²) in [6.07, 6.45) is 4.79. The van der Waals surface area contributed by atoms with Crippen molar-refractivity contribution in [3.05, 3.63) is 71.3 Å². The van der Waals surface area contributed by atoms with Gasteiger partial charge in [0.15, 0.2) is 0 Å². The van der Waals surface area contributed by atoms with Crippen LogP contribution < -0.4 is 0 Å². The van der Waals surface area contributed by atoms with E-state index in [1.807, 2.05) is 55.5 Å². The molecule has 0 bridgehead atoms. The van der Waals surface area contributed by atoms with Crippen LogP contribution in [0.2, 0.25) is 0 Å². The summed E-state index contributed by atoms with van der Waals surface area (Å²) in [5.74, 6) is 0.394. The van der Waals surface area contributed by atoms with Gasteiger partial charge in [-0.3, -0.25) is 0 Å². The number of hydrogen-bond donors (Lipinski definition) is 1. The zero-order valence-electron chi connectivity index (χ0n) is 9.77. The third-order valence-electron chi connectivity index (χ3n) is 2.65. The Balaban J connectivity index is 2.08. The number of aromatic hydroxyl groups is 1. The molecule has 0 spiro atoms. The SMILES string of the molecule is Cc1cccc(C/C=C/c2cc#ccc2)c1O. The molecule has 0 aliphatic heterocycles. The van der Waals surface area contributed by atoms with Crippen LogP contribution in [0.15, 0.2) is 42.5 Å². The van der Waals surface area contributed by atoms with Crippen molar-refractivity contribution in [2.75, 3.05) is 0 Å². The summed E-state index contributed by atoms with van der Waals surface area (Å²) >= 11 is 0. The van der Waals surface area contributed by atoms with Crippen molar-refractivity contribution in [2.24, 2.45) is 0 Å². The molecule has 1 nitrogen and oxygen atoms in total. The van der Waals surface area contributed by atoms with Gasteiger partial charge < -0.3 is 5.11 Å². The molecule has 0 saturated carbocycles. The Kier molecular flexibility index (Phi) is 3.47. The lowest BCUT2D eigenvalue weighted by molar-refractivity contribution is 0.465. The summed E-state index contributed by atoms with van der Waals surface area (Å²) in [4.78, 5) is 0. The first-order valence-electron chi connectivity index (χ1n) is 5.59. The second kappa shape index (κ2) is 5.23. The van der Waals surface area contributed by atoms with Crippen molar-refractivity contribution in [1.29, 1.82) is 0 Å². The van der Waals surface area contributed by atoms with E-state index < -0.39 is 0 Å². The van der Waals surface area contributed by atoms with Gasteiger partial charge in [0.1, 0.15) is 5.75 Å². The van der Waals surface area contributed by atoms with Crippen LogP contribution in [0, 0.1) is 19.1 Å². The summed E-state index contributed by atoms with van der Waals surface area (Å²) in [5, 5.41) is 9.85. The van der Waals surface area contributed by atoms with Crippen molar-refractivity contribution in [2.45, 2.75) is 13.3 Å². The maximum atomic E-state index is 9.85. The summed E-state index contributed by atoms with van der Waals surface area (Å²) in [6.45, 7) is 1.91. The number of para-hydroxylation sites is 1. The monoisotopic (exact) mass is 222 g/mol. The summed E-state index contributed by atoms with van der Waals surface area (Å²) in [6, 6.07) is 17.3. The molecular weight excluding hydrogens is 208 g/mol. The summed E-state index contributed by atoms with van der Waals surface area (Å²) in [7, 11) is 0. The number of aryl methyl sites for hydroxylation is 1. The molecule has 2 rings (SSSR count). The van der Waals surface area contributed by atoms with Gasteiger partial charge in [0.05, 0.1) is 0 Å². The first-order chi connectivity index (χ1) is 8.27. The topological polar surface area (TPSA) is 20.2 Å². The highest BCUT2D eigenvalue weighted by Crippen LogP contribution is 2.22. The fourth-order valence-electron chi connectivity index (χ4n) is 1.67. The Bertz CT molecular complexity index is 512. The van der Waals surface area contributed by atoms with Gasteiger partial charge in [0.25, 0.3) is 0 Å². The number of phenolic OH excluding ortho intramolecular Hbond substituents is 1. The highest BCUT2D eigenvalue weighted by Gasteiger charge is 2.00. The summed E-state index contributed by atoms with van der Waals surface area (Å²) < 4.78 is 0. The first kappa shape index (κ1) is 11.3. The van der Waals surface area contributed by atoms with Gasteiger partial charge in [0.2, 0.25) is 0 Å². The smallest absolute Gasteiger partial charge is 0.121 e. The molecule has 2 aromatic carbocycles. The number of hydrogen-bond acceptors (Lipinski definition) is 1. The molecule has 1 N–H and O–H groups in total. The standard InChI is InChI=1S/C16H14O/c1-13-7-5-11-15(16(13)17)12-6-10-14-8-3-2-4-9-14/h3,5-11,17H,12H2,1H3/b10-6+. The van der Waals surface area contributed by atoms with Gasteiger partial charge in [-0.1, -0.05) is 42.5 Å². The van der Waals surface area contributed by atoms with Crippen LogP contribution in [-0.2, 0) is 6.42 Å². The molecule has 0 radical (unpaired) electrons. The average Bonchev–Trinajstić information content (AvgIpc) is 2.36. The molecule has 0 aromatic heterocycles. The van der Waals surface area contributed by atoms with Crippen molar-refractivity contribution < 1.29 is 5.11 Å². The van der Waals surface area contributed by atoms with E-state index in [9.17, 15) is 5.11 Å². The minimum Gasteiger partial charge on any atom is -0.507 e. The maximum Gasteiger partial charge on any atom is 0.121 e. The normalized spacial score (nSPS) is 10.4. The Labute approximate surface area is 102 Å². The van der Waals surface area contributed by atoms with Crippen molar-refractivity contribution in [3.8, 4) is 5.75 Å². The first-order valence-corrected chi connectivity index (χ1v) is 5.59. The van der Waals surface area contributed by atoms with E-state index in [0.717, 1.165) is 23.1 Å². The highest BCUT2D eigenvalue weighted by atomic mass is 16.3. The van der Waals surface area contributed by atoms with Gasteiger partial charge in [-0.25, -0.2) is 0 Å². The largest absolute Gasteiger partial charge is 0.507 e. The van der Waals surface area contributed by atoms with E-state index in [2.05, 4.69) is 12.1 Å². The molecule has 0 atom stereocenters. The van der Waals surface area contributed by atoms with Gasteiger partial charge in [-0.05, 0) is 48.2 Å². The lowest BCUT2D eigenvalue weighted by Gasteiger charge is -2.03. The number of benzene rings is 1. The molecule has 0 aliphatic carbocycles. The molecule has 2 aromatic rings. The van der Waals surface area contributed by atoms with Gasteiger partial charge in [-0.2, -0.15) is 0 Å². The Morgan fingerprint density at radius 2 is 2.12 bits per heavy atom. The average molecular weight is 222 g/mol. The highest BCUT2D eigenvalue weighted by molar-refractivity contribution is 5.49. The van der Waals surface area contributed by atoms with Crippen LogP contribution >= 0.6 is 0 Å². The quantitative estimate of drug-likeness (QED) is 0.842. The molecule has 0 aliphatic rings. The second-order valence-corrected chi connectivity index (χ2v) is 3.96. The molecule has 0 amide bonds. The van der Waals surface area contributed by atoms with Crippen LogP contribution in [0.3, 0.4) is 0 Å². The second-order valence-electron chi connectivity index (χ2n) is 3.96. The lowest BCUT2D eigenvalue weighted by atomic mass is 10.1. The van der Waals surface area contributed by atoms with Gasteiger partial charge in [0, 0.05) is 0 Å². The van der Waals surface area contributed by atoms with Crippen LogP contribution in [-0.4, -0.2) is 5.11 Å². The number of allylic oxidation sites excluding steroid dienone is 1.